The molecule has 366 valence electrons. The molecule has 0 spiro atoms. The van der Waals surface area contributed by atoms with E-state index in [1.165, 1.54) is 4.90 Å². The van der Waals surface area contributed by atoms with Crippen LogP contribution >= 0.6 is 0 Å². The summed E-state index contributed by atoms with van der Waals surface area (Å²) in [6, 6.07) is 8.45. The number of aromatic nitrogens is 4. The maximum atomic E-state index is 15.0. The van der Waals surface area contributed by atoms with Crippen molar-refractivity contribution in [1.82, 2.24) is 46.1 Å². The van der Waals surface area contributed by atoms with E-state index in [4.69, 9.17) is 28.0 Å². The van der Waals surface area contributed by atoms with E-state index in [2.05, 4.69) is 36.6 Å². The summed E-state index contributed by atoms with van der Waals surface area (Å²) in [4.78, 5) is 111. The van der Waals surface area contributed by atoms with Crippen LogP contribution in [0.3, 0.4) is 0 Å². The number of H-pyrrole nitrogens is 1. The zero-order valence-corrected chi connectivity index (χ0v) is 38.3. The number of nitrogens with one attached hydrogen (secondary N) is 5. The highest BCUT2D eigenvalue weighted by molar-refractivity contribution is 5.98. The Labute approximate surface area is 393 Å². The summed E-state index contributed by atoms with van der Waals surface area (Å²) in [7, 11) is 0. The van der Waals surface area contributed by atoms with Crippen molar-refractivity contribution in [3.8, 4) is 0 Å². The normalized spacial score (nSPS) is 17.3. The van der Waals surface area contributed by atoms with Gasteiger partial charge in [-0.25, -0.2) is 4.68 Å². The van der Waals surface area contributed by atoms with Crippen molar-refractivity contribution >= 4 is 58.2 Å². The highest BCUT2D eigenvalue weighted by Crippen LogP contribution is 2.30. The van der Waals surface area contributed by atoms with Crippen molar-refractivity contribution in [2.24, 2.45) is 28.9 Å². The molecule has 7 amide bonds. The molecule has 3 heterocycles. The minimum absolute atomic E-state index is 0.00643. The highest BCUT2D eigenvalue weighted by Gasteiger charge is 2.45. The van der Waals surface area contributed by atoms with E-state index in [1.54, 1.807) is 30.9 Å². The number of unbranched alkanes of at least 4 members (excludes halogenated alkanes) is 1. The van der Waals surface area contributed by atoms with Crippen LogP contribution in [0.5, 0.6) is 0 Å². The van der Waals surface area contributed by atoms with E-state index < -0.39 is 108 Å². The smallest absolute Gasteiger partial charge is 0.305 e. The summed E-state index contributed by atoms with van der Waals surface area (Å²) in [5, 5.41) is 29.2. The van der Waals surface area contributed by atoms with Gasteiger partial charge in [-0.3, -0.25) is 38.4 Å². The first-order valence-electron chi connectivity index (χ1n) is 22.8. The van der Waals surface area contributed by atoms with E-state index in [0.29, 0.717) is 49.9 Å². The predicted octanol–water partition coefficient (Wildman–Crippen LogP) is -0.794. The number of nitrogens with two attached hydrogens (primary N) is 4. The van der Waals surface area contributed by atoms with Crippen LogP contribution in [0.4, 0.5) is 0 Å². The Hall–Kier alpha value is -7.20. The third-order valence-corrected chi connectivity index (χ3v) is 12.2. The lowest BCUT2D eigenvalue weighted by Crippen LogP contribution is -2.60. The number of aliphatic carboxylic acids is 1. The molecule has 0 bridgehead atoms. The van der Waals surface area contributed by atoms with E-state index in [-0.39, 0.29) is 25.8 Å². The molecule has 1 saturated heterocycles. The van der Waals surface area contributed by atoms with Gasteiger partial charge in [0.2, 0.25) is 41.4 Å². The molecule has 22 heteroatoms. The number of carboxylic acids is 1. The van der Waals surface area contributed by atoms with Crippen LogP contribution in [0.2, 0.25) is 0 Å². The molecule has 1 fully saturated rings. The number of fused-ring (bicyclic) bond motifs is 1. The summed E-state index contributed by atoms with van der Waals surface area (Å²) in [5.41, 5.74) is 25.8. The maximum Gasteiger partial charge on any atom is 0.305 e. The number of aromatic amines is 1. The maximum absolute atomic E-state index is 15.0. The Bertz CT molecular complexity index is 2410. The highest BCUT2D eigenvalue weighted by atomic mass is 16.4. The molecule has 4 aromatic rings. The number of rotatable bonds is 26. The number of primary amides is 2. The molecule has 68 heavy (non-hydrogen) atoms. The molecule has 2 aromatic heterocycles. The van der Waals surface area contributed by atoms with Crippen LogP contribution in [0.1, 0.15) is 81.7 Å². The van der Waals surface area contributed by atoms with Crippen molar-refractivity contribution in [3.63, 3.8) is 0 Å². The lowest BCUT2D eigenvalue weighted by Gasteiger charge is -2.33. The predicted molar refractivity (Wildman–Crippen MR) is 248 cm³/mol. The van der Waals surface area contributed by atoms with E-state index in [1.807, 2.05) is 54.6 Å². The lowest BCUT2D eigenvalue weighted by molar-refractivity contribution is -0.144. The van der Waals surface area contributed by atoms with E-state index in [9.17, 15) is 38.4 Å². The molecular formula is C46H63N13O9. The summed E-state index contributed by atoms with van der Waals surface area (Å²) in [6.07, 6.45) is 4.85. The topological polar surface area (TPSA) is 359 Å². The molecule has 1 aliphatic rings. The fourth-order valence-electron chi connectivity index (χ4n) is 8.15. The molecule has 0 aliphatic carbocycles. The quantitative estimate of drug-likeness (QED) is 0.0346. The van der Waals surface area contributed by atoms with Crippen molar-refractivity contribution in [2.45, 2.75) is 120 Å². The molecule has 8 atom stereocenters. The molecule has 2 aromatic carbocycles. The Morgan fingerprint density at radius 1 is 0.853 bits per heavy atom. The minimum atomic E-state index is -1.64. The number of nitrogens with zero attached hydrogens (tertiary/aromatic N) is 4. The van der Waals surface area contributed by atoms with Gasteiger partial charge < -0.3 is 59.2 Å². The summed E-state index contributed by atoms with van der Waals surface area (Å²) in [6.45, 7) is 3.75. The number of benzene rings is 2. The first-order chi connectivity index (χ1) is 32.5. The number of hydrogen-bond donors (Lipinski definition) is 10. The molecule has 1 aliphatic heterocycles. The monoisotopic (exact) mass is 941 g/mol. The van der Waals surface area contributed by atoms with Crippen LogP contribution in [-0.4, -0.2) is 127 Å². The molecule has 0 saturated carbocycles. The Kier molecular flexibility index (Phi) is 18.7. The number of amides is 7. The van der Waals surface area contributed by atoms with E-state index >= 15 is 0 Å². The van der Waals surface area contributed by atoms with Crippen LogP contribution in [0, 0.1) is 5.92 Å². The Balaban J connectivity index is 1.47. The molecule has 22 nitrogen and oxygen atoms in total. The second-order valence-corrected chi connectivity index (χ2v) is 17.3. The van der Waals surface area contributed by atoms with Gasteiger partial charge in [-0.15, -0.1) is 5.10 Å². The van der Waals surface area contributed by atoms with Gasteiger partial charge in [-0.05, 0) is 61.8 Å². The summed E-state index contributed by atoms with van der Waals surface area (Å²) in [5.74, 6) is -7.85. The van der Waals surface area contributed by atoms with Crippen LogP contribution < -0.4 is 44.2 Å². The fourth-order valence-corrected chi connectivity index (χ4v) is 8.15. The number of hydrogen-bond acceptors (Lipinski definition) is 12. The zero-order valence-electron chi connectivity index (χ0n) is 38.3. The Morgan fingerprint density at radius 3 is 2.22 bits per heavy atom. The van der Waals surface area contributed by atoms with Gasteiger partial charge in [0.25, 0.3) is 0 Å². The van der Waals surface area contributed by atoms with Gasteiger partial charge in [0, 0.05) is 42.7 Å². The molecule has 0 radical (unpaired) electrons. The first-order valence-corrected chi connectivity index (χ1v) is 22.8. The minimum Gasteiger partial charge on any atom is -0.481 e. The molecule has 5 rings (SSSR count). The van der Waals surface area contributed by atoms with Gasteiger partial charge in [-0.1, -0.05) is 74.0 Å². The third-order valence-electron chi connectivity index (χ3n) is 12.2. The number of carbonyl (C=O) groups is 8. The number of carbonyl (C=O) groups excluding carboxylic acids is 7. The van der Waals surface area contributed by atoms with Gasteiger partial charge >= 0.3 is 5.97 Å². The lowest BCUT2D eigenvalue weighted by atomic mass is 9.96. The van der Waals surface area contributed by atoms with E-state index in [0.717, 1.165) is 16.5 Å². The molecule has 0 unspecified atom stereocenters. The van der Waals surface area contributed by atoms with Gasteiger partial charge in [0.15, 0.2) is 0 Å². The van der Waals surface area contributed by atoms with Crippen molar-refractivity contribution in [1.29, 1.82) is 0 Å². The number of likely N-dealkylation sites (tertiary alicyclic amines) is 1. The van der Waals surface area contributed by atoms with Crippen molar-refractivity contribution < 1.29 is 43.5 Å². The Morgan fingerprint density at radius 2 is 1.54 bits per heavy atom. The molecular weight excluding hydrogens is 879 g/mol. The largest absolute Gasteiger partial charge is 0.481 e. The number of para-hydroxylation sites is 1. The average Bonchev–Trinajstić information content (AvgIpc) is 4.08. The standard InChI is InChI=1S/C46H63N13O9/c1-3-26(2)40(55-44(66)36(22-38(49)60)53-42(64)32(48)21-39(61)62)46(68)58-25-30(59-24-29(56-57-59)17-16-27-11-5-4-6-12-27)20-37(58)45(67)54-35(19-28-23-51-33-14-8-7-13-31(28)33)43(65)52-34(41(50)63)15-9-10-18-47/h4-8,11-14,23-24,26,30,32,34-37,40,51H,3,9-10,15-22,25,47-48H2,1-2H3,(H2,49,60)(H2,50,63)(H,52,65)(H,53,64)(H,54,67)(H,55,66)(H,61,62)/t26-,30-,32+,34-,35-,36-,37-,40-/m1/s1. The third kappa shape index (κ3) is 14.2. The van der Waals surface area contributed by atoms with Gasteiger partial charge in [-0.2, -0.15) is 0 Å². The van der Waals surface area contributed by atoms with Crippen LogP contribution in [0.15, 0.2) is 67.0 Å². The van der Waals surface area contributed by atoms with Crippen molar-refractivity contribution in [3.05, 3.63) is 83.8 Å². The number of carboxylic acid groups (broad SMARTS) is 1. The van der Waals surface area contributed by atoms with Crippen LogP contribution in [-0.2, 0) is 57.6 Å². The first kappa shape index (κ1) is 51.8. The summed E-state index contributed by atoms with van der Waals surface area (Å²) >= 11 is 0. The van der Waals surface area contributed by atoms with Crippen LogP contribution in [0.25, 0.3) is 10.9 Å². The van der Waals surface area contributed by atoms with Crippen molar-refractivity contribution in [2.75, 3.05) is 13.1 Å². The fraction of sp³-hybridized carbons (Fsp3) is 0.478. The van der Waals surface area contributed by atoms with Gasteiger partial charge in [0.05, 0.1) is 30.6 Å². The second-order valence-electron chi connectivity index (χ2n) is 17.3. The van der Waals surface area contributed by atoms with Gasteiger partial charge in [0.1, 0.15) is 30.2 Å². The summed E-state index contributed by atoms with van der Waals surface area (Å²) < 4.78 is 1.58. The number of aryl methyl sites for hydroxylation is 2. The zero-order chi connectivity index (χ0) is 49.5. The SMILES string of the molecule is CC[C@@H](C)[C@@H](NC(=O)[C@@H](CC(N)=O)NC(=O)[C@@H](N)CC(=O)O)C(=O)N1C[C@H](n2cc(CCc3ccccc3)nn2)C[C@@H]1C(=O)N[C@H](Cc1c[nH]c2ccccc12)C(=O)N[C@H](CCCCN)C(N)=O. The molecule has 14 N–H and O–H groups in total. The second kappa shape index (κ2) is 24.5. The average molecular weight is 942 g/mol.